The minimum absolute atomic E-state index is 0.104. The van der Waals surface area contributed by atoms with Gasteiger partial charge in [-0.05, 0) is 44.6 Å². The van der Waals surface area contributed by atoms with Crippen molar-refractivity contribution in [2.75, 3.05) is 38.1 Å². The number of nitrogens with zero attached hydrogens (tertiary/aromatic N) is 1. The van der Waals surface area contributed by atoms with Gasteiger partial charge in [-0.1, -0.05) is 6.07 Å². The number of rotatable bonds is 6. The van der Waals surface area contributed by atoms with Gasteiger partial charge in [-0.2, -0.15) is 0 Å². The summed E-state index contributed by atoms with van der Waals surface area (Å²) in [5.41, 5.74) is 1.34. The molecule has 0 bridgehead atoms. The molecule has 0 atom stereocenters. The number of hydrogen-bond donors (Lipinski definition) is 3. The summed E-state index contributed by atoms with van der Waals surface area (Å²) in [5.74, 6) is -0.106. The first-order valence-electron chi connectivity index (χ1n) is 7.30. The van der Waals surface area contributed by atoms with Crippen molar-refractivity contribution in [2.45, 2.75) is 12.8 Å². The zero-order chi connectivity index (χ0) is 15.1. The highest BCUT2D eigenvalue weighted by Crippen LogP contribution is 2.18. The van der Waals surface area contributed by atoms with Gasteiger partial charge in [-0.25, -0.2) is 4.79 Å². The van der Waals surface area contributed by atoms with E-state index in [1.165, 1.54) is 0 Å². The highest BCUT2D eigenvalue weighted by molar-refractivity contribution is 5.97. The lowest BCUT2D eigenvalue weighted by Gasteiger charge is -2.27. The van der Waals surface area contributed by atoms with Crippen molar-refractivity contribution in [1.29, 1.82) is 0 Å². The zero-order valence-electron chi connectivity index (χ0n) is 12.3. The van der Waals surface area contributed by atoms with Gasteiger partial charge in [0, 0.05) is 30.9 Å². The van der Waals surface area contributed by atoms with Crippen molar-refractivity contribution < 1.29 is 9.59 Å². The van der Waals surface area contributed by atoms with Crippen LogP contribution < -0.4 is 20.9 Å². The van der Waals surface area contributed by atoms with E-state index in [0.29, 0.717) is 25.2 Å². The van der Waals surface area contributed by atoms with E-state index in [1.807, 2.05) is 13.1 Å². The summed E-state index contributed by atoms with van der Waals surface area (Å²) in [4.78, 5) is 25.6. The molecule has 1 aromatic carbocycles. The third-order valence-corrected chi connectivity index (χ3v) is 3.39. The van der Waals surface area contributed by atoms with Gasteiger partial charge in [0.1, 0.15) is 0 Å². The molecule has 21 heavy (non-hydrogen) atoms. The second-order valence-corrected chi connectivity index (χ2v) is 5.00. The average molecular weight is 290 g/mol. The standard InChI is InChI=1S/C15H22N4O2/c1-16-7-3-8-17-14(20)12-5-2-6-13(11-12)19-10-4-9-18-15(19)21/h2,5-6,11,16H,3-4,7-10H2,1H3,(H,17,20)(H,18,21). The van der Waals surface area contributed by atoms with Crippen LogP contribution in [-0.4, -0.2) is 45.2 Å². The molecule has 1 aliphatic heterocycles. The van der Waals surface area contributed by atoms with E-state index in [9.17, 15) is 9.59 Å². The number of carbonyl (C=O) groups excluding carboxylic acids is 2. The molecule has 0 aliphatic carbocycles. The van der Waals surface area contributed by atoms with Crippen LogP contribution in [0.5, 0.6) is 0 Å². The number of urea groups is 1. The van der Waals surface area contributed by atoms with E-state index in [4.69, 9.17) is 0 Å². The van der Waals surface area contributed by atoms with Gasteiger partial charge in [0.2, 0.25) is 0 Å². The molecule has 3 N–H and O–H groups in total. The molecule has 0 unspecified atom stereocenters. The minimum atomic E-state index is -0.106. The SMILES string of the molecule is CNCCCNC(=O)c1cccc(N2CCCNC2=O)c1. The topological polar surface area (TPSA) is 73.5 Å². The summed E-state index contributed by atoms with van der Waals surface area (Å²) in [6.07, 6.45) is 1.79. The molecule has 6 heteroatoms. The summed E-state index contributed by atoms with van der Waals surface area (Å²) in [6, 6.07) is 7.08. The third kappa shape index (κ3) is 4.19. The summed E-state index contributed by atoms with van der Waals surface area (Å²) in [5, 5.41) is 8.72. The van der Waals surface area contributed by atoms with E-state index < -0.39 is 0 Å². The van der Waals surface area contributed by atoms with Gasteiger partial charge < -0.3 is 16.0 Å². The molecule has 1 aliphatic rings. The van der Waals surface area contributed by atoms with Crippen molar-refractivity contribution in [3.63, 3.8) is 0 Å². The van der Waals surface area contributed by atoms with Gasteiger partial charge in [-0.3, -0.25) is 9.69 Å². The summed E-state index contributed by atoms with van der Waals surface area (Å²) < 4.78 is 0. The van der Waals surface area contributed by atoms with Gasteiger partial charge in [0.05, 0.1) is 0 Å². The Bertz CT molecular complexity index is 504. The molecule has 1 saturated heterocycles. The normalized spacial score (nSPS) is 14.7. The molecule has 6 nitrogen and oxygen atoms in total. The lowest BCUT2D eigenvalue weighted by molar-refractivity contribution is 0.0953. The van der Waals surface area contributed by atoms with Crippen molar-refractivity contribution >= 4 is 17.6 Å². The van der Waals surface area contributed by atoms with Crippen molar-refractivity contribution in [3.8, 4) is 0 Å². The van der Waals surface area contributed by atoms with Crippen LogP contribution in [0.3, 0.4) is 0 Å². The Morgan fingerprint density at radius 1 is 1.38 bits per heavy atom. The molecular weight excluding hydrogens is 268 g/mol. The van der Waals surface area contributed by atoms with Crippen LogP contribution in [0, 0.1) is 0 Å². The molecule has 1 heterocycles. The van der Waals surface area contributed by atoms with E-state index >= 15 is 0 Å². The number of anilines is 1. The Morgan fingerprint density at radius 3 is 3.00 bits per heavy atom. The fourth-order valence-corrected chi connectivity index (χ4v) is 2.26. The Morgan fingerprint density at radius 2 is 2.24 bits per heavy atom. The van der Waals surface area contributed by atoms with Gasteiger partial charge in [0.25, 0.3) is 5.91 Å². The largest absolute Gasteiger partial charge is 0.352 e. The predicted molar refractivity (Wildman–Crippen MR) is 82.7 cm³/mol. The van der Waals surface area contributed by atoms with Gasteiger partial charge >= 0.3 is 6.03 Å². The fourth-order valence-electron chi connectivity index (χ4n) is 2.26. The second-order valence-electron chi connectivity index (χ2n) is 5.00. The summed E-state index contributed by atoms with van der Waals surface area (Å²) >= 11 is 0. The maximum atomic E-state index is 12.1. The molecule has 0 radical (unpaired) electrons. The van der Waals surface area contributed by atoms with Crippen LogP contribution in [-0.2, 0) is 0 Å². The van der Waals surface area contributed by atoms with Crippen LogP contribution in [0.15, 0.2) is 24.3 Å². The molecule has 1 fully saturated rings. The first kappa shape index (κ1) is 15.3. The van der Waals surface area contributed by atoms with E-state index in [2.05, 4.69) is 16.0 Å². The molecule has 1 aromatic rings. The average Bonchev–Trinajstić information content (AvgIpc) is 2.52. The lowest BCUT2D eigenvalue weighted by Crippen LogP contribution is -2.46. The summed E-state index contributed by atoms with van der Waals surface area (Å²) in [7, 11) is 1.88. The Hall–Kier alpha value is -2.08. The maximum Gasteiger partial charge on any atom is 0.321 e. The number of carbonyl (C=O) groups is 2. The maximum absolute atomic E-state index is 12.1. The Kier molecular flexibility index (Phi) is 5.57. The third-order valence-electron chi connectivity index (χ3n) is 3.39. The highest BCUT2D eigenvalue weighted by Gasteiger charge is 2.19. The van der Waals surface area contributed by atoms with E-state index in [0.717, 1.165) is 25.1 Å². The first-order valence-corrected chi connectivity index (χ1v) is 7.30. The number of benzene rings is 1. The zero-order valence-corrected chi connectivity index (χ0v) is 12.3. The monoisotopic (exact) mass is 290 g/mol. The van der Waals surface area contributed by atoms with Crippen molar-refractivity contribution in [2.24, 2.45) is 0 Å². The molecule has 114 valence electrons. The Balaban J connectivity index is 1.99. The molecule has 3 amide bonds. The van der Waals surface area contributed by atoms with E-state index in [-0.39, 0.29) is 11.9 Å². The molecule has 0 saturated carbocycles. The number of amides is 3. The smallest absolute Gasteiger partial charge is 0.321 e. The van der Waals surface area contributed by atoms with Crippen LogP contribution in [0.2, 0.25) is 0 Å². The van der Waals surface area contributed by atoms with Gasteiger partial charge in [-0.15, -0.1) is 0 Å². The number of hydrogen-bond acceptors (Lipinski definition) is 3. The molecule has 0 spiro atoms. The van der Waals surface area contributed by atoms with Crippen molar-refractivity contribution in [3.05, 3.63) is 29.8 Å². The van der Waals surface area contributed by atoms with Crippen LogP contribution in [0.4, 0.5) is 10.5 Å². The Labute approximate surface area is 124 Å². The predicted octanol–water partition coefficient (Wildman–Crippen LogP) is 0.946. The van der Waals surface area contributed by atoms with Crippen molar-refractivity contribution in [1.82, 2.24) is 16.0 Å². The lowest BCUT2D eigenvalue weighted by atomic mass is 10.1. The molecule has 0 aromatic heterocycles. The van der Waals surface area contributed by atoms with E-state index in [1.54, 1.807) is 23.1 Å². The van der Waals surface area contributed by atoms with Crippen LogP contribution in [0.25, 0.3) is 0 Å². The van der Waals surface area contributed by atoms with Crippen LogP contribution >= 0.6 is 0 Å². The van der Waals surface area contributed by atoms with Crippen LogP contribution in [0.1, 0.15) is 23.2 Å². The first-order chi connectivity index (χ1) is 10.2. The fraction of sp³-hybridized carbons (Fsp3) is 0.467. The quantitative estimate of drug-likeness (QED) is 0.683. The summed E-state index contributed by atoms with van der Waals surface area (Å²) in [6.45, 7) is 2.89. The minimum Gasteiger partial charge on any atom is -0.352 e. The van der Waals surface area contributed by atoms with Gasteiger partial charge in [0.15, 0.2) is 0 Å². The number of nitrogens with one attached hydrogen (secondary N) is 3. The second kappa shape index (κ2) is 7.64. The molecular formula is C15H22N4O2. The highest BCUT2D eigenvalue weighted by atomic mass is 16.2. The molecule has 2 rings (SSSR count).